The molecule has 0 radical (unpaired) electrons. The van der Waals surface area contributed by atoms with Gasteiger partial charge >= 0.3 is 0 Å². The van der Waals surface area contributed by atoms with Crippen molar-refractivity contribution in [2.24, 2.45) is 5.92 Å². The third-order valence-electron chi connectivity index (χ3n) is 6.04. The highest BCUT2D eigenvalue weighted by atomic mass is 16.3. The maximum atomic E-state index is 10.8. The average molecular weight is 372 g/mol. The summed E-state index contributed by atoms with van der Waals surface area (Å²) in [5, 5.41) is 30.8. The first kappa shape index (κ1) is 23.9. The molecule has 156 valence electrons. The molecule has 1 aliphatic heterocycles. The van der Waals surface area contributed by atoms with Gasteiger partial charge in [-0.3, -0.25) is 4.90 Å². The summed E-state index contributed by atoms with van der Waals surface area (Å²) in [5.74, 6) is 0.330. The molecule has 0 aliphatic carbocycles. The quantitative estimate of drug-likeness (QED) is 0.357. The van der Waals surface area contributed by atoms with Gasteiger partial charge in [0.25, 0.3) is 0 Å². The molecule has 26 heavy (non-hydrogen) atoms. The largest absolute Gasteiger partial charge is 0.396 e. The Hall–Kier alpha value is -0.160. The highest BCUT2D eigenvalue weighted by Crippen LogP contribution is 2.25. The van der Waals surface area contributed by atoms with Crippen molar-refractivity contribution in [2.75, 3.05) is 19.7 Å². The molecule has 0 unspecified atom stereocenters. The van der Waals surface area contributed by atoms with Crippen LogP contribution in [0.1, 0.15) is 97.3 Å². The maximum absolute atomic E-state index is 10.8. The predicted octanol–water partition coefficient (Wildman–Crippen LogP) is 4.11. The summed E-state index contributed by atoms with van der Waals surface area (Å²) in [5.41, 5.74) is 0. The Morgan fingerprint density at radius 3 is 2.04 bits per heavy atom. The fraction of sp³-hybridized carbons (Fsp3) is 1.00. The molecule has 1 heterocycles. The highest BCUT2D eigenvalue weighted by molar-refractivity contribution is 4.88. The van der Waals surface area contributed by atoms with Gasteiger partial charge in [0.2, 0.25) is 0 Å². The summed E-state index contributed by atoms with van der Waals surface area (Å²) >= 11 is 0. The maximum Gasteiger partial charge on any atom is 0.0953 e. The molecule has 0 bridgehead atoms. The van der Waals surface area contributed by atoms with Gasteiger partial charge in [-0.25, -0.2) is 0 Å². The van der Waals surface area contributed by atoms with Gasteiger partial charge < -0.3 is 15.3 Å². The number of aliphatic hydroxyl groups excluding tert-OH is 3. The second kappa shape index (κ2) is 14.8. The first-order valence-corrected chi connectivity index (χ1v) is 11.3. The van der Waals surface area contributed by atoms with E-state index in [1.54, 1.807) is 0 Å². The van der Waals surface area contributed by atoms with Gasteiger partial charge in [0.05, 0.1) is 12.2 Å². The molecular weight excluding hydrogens is 326 g/mol. The molecule has 0 spiro atoms. The van der Waals surface area contributed by atoms with E-state index >= 15 is 0 Å². The third kappa shape index (κ3) is 9.16. The first-order chi connectivity index (χ1) is 12.6. The van der Waals surface area contributed by atoms with Crippen LogP contribution in [0.3, 0.4) is 0 Å². The van der Waals surface area contributed by atoms with E-state index in [1.165, 1.54) is 44.9 Å². The second-order valence-electron chi connectivity index (χ2n) is 8.36. The lowest BCUT2D eigenvalue weighted by molar-refractivity contribution is -0.0417. The zero-order chi connectivity index (χ0) is 19.2. The van der Waals surface area contributed by atoms with Crippen molar-refractivity contribution in [3.05, 3.63) is 0 Å². The van der Waals surface area contributed by atoms with Gasteiger partial charge in [-0.15, -0.1) is 0 Å². The fourth-order valence-electron chi connectivity index (χ4n) is 4.22. The minimum Gasteiger partial charge on any atom is -0.396 e. The van der Waals surface area contributed by atoms with Crippen LogP contribution in [-0.2, 0) is 0 Å². The summed E-state index contributed by atoms with van der Waals surface area (Å²) in [6.07, 6.45) is 13.4. The highest BCUT2D eigenvalue weighted by Gasteiger charge is 2.34. The molecule has 0 aromatic rings. The van der Waals surface area contributed by atoms with Crippen molar-refractivity contribution in [3.8, 4) is 0 Å². The van der Waals surface area contributed by atoms with Crippen molar-refractivity contribution in [1.29, 1.82) is 0 Å². The minimum atomic E-state index is -0.662. The van der Waals surface area contributed by atoms with Crippen molar-refractivity contribution < 1.29 is 15.3 Å². The summed E-state index contributed by atoms with van der Waals surface area (Å²) in [4.78, 5) is 2.33. The zero-order valence-electron chi connectivity index (χ0n) is 17.4. The van der Waals surface area contributed by atoms with E-state index in [9.17, 15) is 15.3 Å². The summed E-state index contributed by atoms with van der Waals surface area (Å²) in [7, 11) is 0. The number of unbranched alkanes of at least 4 members (excludes halogenated alkanes) is 8. The lowest BCUT2D eigenvalue weighted by Gasteiger charge is -2.34. The Kier molecular flexibility index (Phi) is 13.6. The van der Waals surface area contributed by atoms with E-state index in [4.69, 9.17) is 0 Å². The molecule has 4 atom stereocenters. The van der Waals surface area contributed by atoms with E-state index in [2.05, 4.69) is 18.7 Å². The summed E-state index contributed by atoms with van der Waals surface area (Å²) in [6, 6.07) is 0.0406. The summed E-state index contributed by atoms with van der Waals surface area (Å²) < 4.78 is 0. The molecule has 1 saturated heterocycles. The number of hydrogen-bond donors (Lipinski definition) is 3. The van der Waals surface area contributed by atoms with E-state index < -0.39 is 12.2 Å². The molecule has 0 aromatic heterocycles. The smallest absolute Gasteiger partial charge is 0.0953 e. The molecule has 1 aliphatic rings. The van der Waals surface area contributed by atoms with Crippen LogP contribution < -0.4 is 0 Å². The Morgan fingerprint density at radius 1 is 0.846 bits per heavy atom. The third-order valence-corrected chi connectivity index (χ3v) is 6.04. The number of nitrogens with zero attached hydrogens (tertiary/aromatic N) is 1. The van der Waals surface area contributed by atoms with Crippen LogP contribution in [-0.4, -0.2) is 58.2 Å². The number of aliphatic hydroxyl groups is 3. The average Bonchev–Trinajstić information content (AvgIpc) is 3.13. The molecule has 4 nitrogen and oxygen atoms in total. The van der Waals surface area contributed by atoms with Gasteiger partial charge in [-0.1, -0.05) is 78.1 Å². The zero-order valence-corrected chi connectivity index (χ0v) is 17.4. The van der Waals surface area contributed by atoms with Gasteiger partial charge in [0, 0.05) is 19.2 Å². The summed E-state index contributed by atoms with van der Waals surface area (Å²) in [6.45, 7) is 6.45. The monoisotopic (exact) mass is 371 g/mol. The molecule has 0 amide bonds. The van der Waals surface area contributed by atoms with Crippen LogP contribution in [0, 0.1) is 5.92 Å². The van der Waals surface area contributed by atoms with Crippen LogP contribution in [0.4, 0.5) is 0 Å². The van der Waals surface area contributed by atoms with Crippen molar-refractivity contribution in [1.82, 2.24) is 4.90 Å². The minimum absolute atomic E-state index is 0.0406. The van der Waals surface area contributed by atoms with Crippen LogP contribution in [0.15, 0.2) is 0 Å². The van der Waals surface area contributed by atoms with Crippen molar-refractivity contribution in [2.45, 2.75) is 116 Å². The van der Waals surface area contributed by atoms with Gasteiger partial charge in [0.1, 0.15) is 0 Å². The number of likely N-dealkylation sites (tertiary alicyclic amines) is 1. The normalized spacial score (nSPS) is 21.8. The van der Waals surface area contributed by atoms with E-state index in [1.807, 2.05) is 0 Å². The number of hydrogen-bond acceptors (Lipinski definition) is 4. The van der Waals surface area contributed by atoms with Crippen LogP contribution in [0.5, 0.6) is 0 Å². The SMILES string of the molecule is CCCCCCCC[C@H]([C@H](O)[C@H](O)CCCCCC)N1CC[C@@H](CO)C1. The van der Waals surface area contributed by atoms with Crippen molar-refractivity contribution in [3.63, 3.8) is 0 Å². The van der Waals surface area contributed by atoms with E-state index in [0.717, 1.165) is 45.2 Å². The molecule has 4 heteroatoms. The van der Waals surface area contributed by atoms with Gasteiger partial charge in [-0.2, -0.15) is 0 Å². The van der Waals surface area contributed by atoms with Crippen LogP contribution >= 0.6 is 0 Å². The van der Waals surface area contributed by atoms with Gasteiger partial charge in [-0.05, 0) is 31.7 Å². The van der Waals surface area contributed by atoms with Crippen LogP contribution in [0.2, 0.25) is 0 Å². The predicted molar refractivity (Wildman–Crippen MR) is 109 cm³/mol. The Balaban J connectivity index is 2.47. The lowest BCUT2D eigenvalue weighted by Crippen LogP contribution is -2.48. The van der Waals surface area contributed by atoms with E-state index in [-0.39, 0.29) is 12.6 Å². The molecule has 0 aromatic carbocycles. The Labute approximate surface area is 162 Å². The van der Waals surface area contributed by atoms with Gasteiger partial charge in [0.15, 0.2) is 0 Å². The molecular formula is C22H45NO3. The van der Waals surface area contributed by atoms with E-state index in [0.29, 0.717) is 12.3 Å². The molecule has 1 fully saturated rings. The van der Waals surface area contributed by atoms with Crippen molar-refractivity contribution >= 4 is 0 Å². The molecule has 3 N–H and O–H groups in total. The molecule has 1 rings (SSSR count). The van der Waals surface area contributed by atoms with Crippen LogP contribution in [0.25, 0.3) is 0 Å². The number of rotatable bonds is 16. The molecule has 0 saturated carbocycles. The lowest BCUT2D eigenvalue weighted by atomic mass is 9.94. The topological polar surface area (TPSA) is 63.9 Å². The second-order valence-corrected chi connectivity index (χ2v) is 8.36. The standard InChI is InChI=1S/C22H45NO3/c1-3-5-7-9-10-11-13-20(23-16-15-19(17-23)18-24)22(26)21(25)14-12-8-6-4-2/h19-22,24-26H,3-18H2,1-2H3/t19-,20-,21-,22+/m1/s1. The first-order valence-electron chi connectivity index (χ1n) is 11.3. The Morgan fingerprint density at radius 2 is 1.42 bits per heavy atom. The fourth-order valence-corrected chi connectivity index (χ4v) is 4.22. The Bertz CT molecular complexity index is 327.